The van der Waals surface area contributed by atoms with E-state index in [0.717, 1.165) is 25.4 Å². The average molecular weight is 337 g/mol. The molecule has 4 rings (SSSR count). The molecule has 130 valence electrons. The fourth-order valence-corrected chi connectivity index (χ4v) is 4.23. The number of amides is 1. The number of carbonyl (C=O) groups is 1. The zero-order chi connectivity index (χ0) is 17.2. The van der Waals surface area contributed by atoms with E-state index in [2.05, 4.69) is 5.10 Å². The number of aromatic nitrogens is 2. The summed E-state index contributed by atoms with van der Waals surface area (Å²) >= 11 is 0. The Hall–Kier alpha value is -2.43. The molecule has 2 aliphatic rings. The first-order valence-electron chi connectivity index (χ1n) is 9.17. The minimum Gasteiger partial charge on any atom is -0.337 e. The van der Waals surface area contributed by atoms with Crippen molar-refractivity contribution in [3.63, 3.8) is 0 Å². The number of nitrogens with zero attached hydrogens (tertiary/aromatic N) is 3. The minimum atomic E-state index is -0.228. The van der Waals surface area contributed by atoms with Crippen molar-refractivity contribution in [3.05, 3.63) is 58.5 Å². The smallest absolute Gasteiger partial charge is 0.274 e. The van der Waals surface area contributed by atoms with E-state index in [-0.39, 0.29) is 11.5 Å². The SMILES string of the molecule is O=C(c1ccc(=O)n(-c2ccccc2)n1)N1CCC2CCCCC2C1. The van der Waals surface area contributed by atoms with Crippen molar-refractivity contribution >= 4 is 5.91 Å². The van der Waals surface area contributed by atoms with Crippen LogP contribution in [0.15, 0.2) is 47.3 Å². The van der Waals surface area contributed by atoms with Crippen LogP contribution < -0.4 is 5.56 Å². The second-order valence-electron chi connectivity index (χ2n) is 7.15. The van der Waals surface area contributed by atoms with E-state index in [1.165, 1.54) is 36.4 Å². The van der Waals surface area contributed by atoms with Crippen molar-refractivity contribution < 1.29 is 4.79 Å². The molecule has 2 atom stereocenters. The zero-order valence-electron chi connectivity index (χ0n) is 14.3. The molecule has 2 fully saturated rings. The number of likely N-dealkylation sites (tertiary alicyclic amines) is 1. The Labute approximate surface area is 147 Å². The van der Waals surface area contributed by atoms with E-state index >= 15 is 0 Å². The van der Waals surface area contributed by atoms with Crippen molar-refractivity contribution in [1.82, 2.24) is 14.7 Å². The van der Waals surface area contributed by atoms with Gasteiger partial charge in [0.1, 0.15) is 5.69 Å². The Kier molecular flexibility index (Phi) is 4.38. The number of piperidine rings is 1. The van der Waals surface area contributed by atoms with Crippen LogP contribution in [-0.2, 0) is 0 Å². The van der Waals surface area contributed by atoms with Gasteiger partial charge in [-0.1, -0.05) is 37.5 Å². The Bertz CT molecular complexity index is 815. The van der Waals surface area contributed by atoms with Gasteiger partial charge in [-0.05, 0) is 42.9 Å². The molecule has 25 heavy (non-hydrogen) atoms. The molecule has 0 spiro atoms. The van der Waals surface area contributed by atoms with E-state index in [9.17, 15) is 9.59 Å². The number of fused-ring (bicyclic) bond motifs is 1. The average Bonchev–Trinajstić information content (AvgIpc) is 2.68. The van der Waals surface area contributed by atoms with Gasteiger partial charge < -0.3 is 4.90 Å². The van der Waals surface area contributed by atoms with Crippen molar-refractivity contribution in [2.24, 2.45) is 11.8 Å². The predicted molar refractivity (Wildman–Crippen MR) is 95.8 cm³/mol. The topological polar surface area (TPSA) is 55.2 Å². The van der Waals surface area contributed by atoms with Crippen LogP contribution in [0.5, 0.6) is 0 Å². The van der Waals surface area contributed by atoms with Gasteiger partial charge in [0.05, 0.1) is 5.69 Å². The summed E-state index contributed by atoms with van der Waals surface area (Å²) in [6.07, 6.45) is 6.24. The first-order valence-corrected chi connectivity index (χ1v) is 9.17. The highest BCUT2D eigenvalue weighted by Crippen LogP contribution is 2.36. The molecular formula is C20H23N3O2. The largest absolute Gasteiger partial charge is 0.337 e. The Morgan fingerprint density at radius 2 is 1.72 bits per heavy atom. The van der Waals surface area contributed by atoms with Gasteiger partial charge in [-0.25, -0.2) is 0 Å². The van der Waals surface area contributed by atoms with Crippen LogP contribution in [0.1, 0.15) is 42.6 Å². The maximum Gasteiger partial charge on any atom is 0.274 e. The first-order chi connectivity index (χ1) is 12.2. The molecular weight excluding hydrogens is 314 g/mol. The molecule has 1 saturated carbocycles. The lowest BCUT2D eigenvalue weighted by Gasteiger charge is -2.41. The molecule has 2 unspecified atom stereocenters. The van der Waals surface area contributed by atoms with Gasteiger partial charge in [0.2, 0.25) is 0 Å². The quantitative estimate of drug-likeness (QED) is 0.847. The highest BCUT2D eigenvalue weighted by atomic mass is 16.2. The Morgan fingerprint density at radius 1 is 0.960 bits per heavy atom. The van der Waals surface area contributed by atoms with Crippen molar-refractivity contribution in [2.45, 2.75) is 32.1 Å². The van der Waals surface area contributed by atoms with Crippen molar-refractivity contribution in [1.29, 1.82) is 0 Å². The molecule has 1 aromatic carbocycles. The predicted octanol–water partition coefficient (Wildman–Crippen LogP) is 2.88. The minimum absolute atomic E-state index is 0.0614. The number of rotatable bonds is 2. The number of benzene rings is 1. The molecule has 1 aliphatic carbocycles. The molecule has 0 N–H and O–H groups in total. The molecule has 0 radical (unpaired) electrons. The van der Waals surface area contributed by atoms with Gasteiger partial charge in [-0.2, -0.15) is 9.78 Å². The van der Waals surface area contributed by atoms with E-state index in [4.69, 9.17) is 0 Å². The van der Waals surface area contributed by atoms with Gasteiger partial charge >= 0.3 is 0 Å². The van der Waals surface area contributed by atoms with Crippen molar-refractivity contribution in [2.75, 3.05) is 13.1 Å². The van der Waals surface area contributed by atoms with Crippen LogP contribution in [-0.4, -0.2) is 33.7 Å². The van der Waals surface area contributed by atoms with Gasteiger partial charge in [-0.15, -0.1) is 0 Å². The van der Waals surface area contributed by atoms with Gasteiger partial charge in [0, 0.05) is 19.2 Å². The van der Waals surface area contributed by atoms with Crippen LogP contribution in [0.3, 0.4) is 0 Å². The van der Waals surface area contributed by atoms with Gasteiger partial charge in [-0.3, -0.25) is 9.59 Å². The maximum atomic E-state index is 12.9. The van der Waals surface area contributed by atoms with Crippen LogP contribution in [0, 0.1) is 11.8 Å². The fraction of sp³-hybridized carbons (Fsp3) is 0.450. The highest BCUT2D eigenvalue weighted by Gasteiger charge is 2.33. The number of carbonyl (C=O) groups excluding carboxylic acids is 1. The summed E-state index contributed by atoms with van der Waals surface area (Å²) in [5, 5.41) is 4.33. The summed E-state index contributed by atoms with van der Waals surface area (Å²) in [4.78, 5) is 27.0. The second-order valence-corrected chi connectivity index (χ2v) is 7.15. The molecule has 1 amide bonds. The molecule has 0 bridgehead atoms. The Morgan fingerprint density at radius 3 is 2.52 bits per heavy atom. The fourth-order valence-electron chi connectivity index (χ4n) is 4.23. The summed E-state index contributed by atoms with van der Waals surface area (Å²) in [6.45, 7) is 1.63. The number of para-hydroxylation sites is 1. The van der Waals surface area contributed by atoms with Crippen LogP contribution in [0.2, 0.25) is 0 Å². The first kappa shape index (κ1) is 16.1. The summed E-state index contributed by atoms with van der Waals surface area (Å²) in [7, 11) is 0. The lowest BCUT2D eigenvalue weighted by molar-refractivity contribution is 0.0513. The maximum absolute atomic E-state index is 12.9. The molecule has 1 saturated heterocycles. The molecule has 5 heteroatoms. The van der Waals surface area contributed by atoms with E-state index in [1.807, 2.05) is 35.2 Å². The van der Waals surface area contributed by atoms with Gasteiger partial charge in [0.25, 0.3) is 11.5 Å². The van der Waals surface area contributed by atoms with E-state index < -0.39 is 0 Å². The van der Waals surface area contributed by atoms with Crippen LogP contribution in [0.4, 0.5) is 0 Å². The summed E-state index contributed by atoms with van der Waals surface area (Å²) in [5.74, 6) is 1.35. The van der Waals surface area contributed by atoms with Crippen LogP contribution >= 0.6 is 0 Å². The highest BCUT2D eigenvalue weighted by molar-refractivity contribution is 5.92. The molecule has 5 nitrogen and oxygen atoms in total. The molecule has 2 aromatic rings. The standard InChI is InChI=1S/C20H23N3O2/c24-19-11-10-18(21-23(19)17-8-2-1-3-9-17)20(25)22-13-12-15-6-4-5-7-16(15)14-22/h1-3,8-11,15-16H,4-7,12-14H2. The lowest BCUT2D eigenvalue weighted by atomic mass is 9.75. The molecule has 1 aliphatic heterocycles. The third-order valence-corrected chi connectivity index (χ3v) is 5.60. The number of hydrogen-bond acceptors (Lipinski definition) is 3. The van der Waals surface area contributed by atoms with E-state index in [0.29, 0.717) is 17.3 Å². The zero-order valence-corrected chi connectivity index (χ0v) is 14.3. The second kappa shape index (κ2) is 6.82. The summed E-state index contributed by atoms with van der Waals surface area (Å²) < 4.78 is 1.31. The third kappa shape index (κ3) is 3.23. The van der Waals surface area contributed by atoms with Crippen LogP contribution in [0.25, 0.3) is 5.69 Å². The third-order valence-electron chi connectivity index (χ3n) is 5.60. The number of hydrogen-bond donors (Lipinski definition) is 0. The summed E-state index contributed by atoms with van der Waals surface area (Å²) in [6, 6.07) is 12.2. The van der Waals surface area contributed by atoms with Gasteiger partial charge in [0.15, 0.2) is 0 Å². The van der Waals surface area contributed by atoms with E-state index in [1.54, 1.807) is 6.07 Å². The van der Waals surface area contributed by atoms with Crippen molar-refractivity contribution in [3.8, 4) is 5.69 Å². The molecule has 2 heterocycles. The normalized spacial score (nSPS) is 23.1. The Balaban J connectivity index is 1.57. The summed E-state index contributed by atoms with van der Waals surface area (Å²) in [5.41, 5.74) is 0.791. The lowest BCUT2D eigenvalue weighted by Crippen LogP contribution is -2.45. The monoisotopic (exact) mass is 337 g/mol. The molecule has 1 aromatic heterocycles.